The van der Waals surface area contributed by atoms with Crippen molar-refractivity contribution in [2.75, 3.05) is 0 Å². The summed E-state index contributed by atoms with van der Waals surface area (Å²) in [6, 6.07) is 0. The molecule has 1 N–H and O–H groups in total. The molecule has 0 radical (unpaired) electrons. The van der Waals surface area contributed by atoms with Gasteiger partial charge in [-0.2, -0.15) is 0 Å². The zero-order valence-electron chi connectivity index (χ0n) is 5.85. The van der Waals surface area contributed by atoms with Gasteiger partial charge < -0.3 is 5.11 Å². The van der Waals surface area contributed by atoms with Crippen LogP contribution in [0.5, 0.6) is 0 Å². The average molecular weight is 128 g/mol. The van der Waals surface area contributed by atoms with Crippen LogP contribution >= 0.6 is 0 Å². The van der Waals surface area contributed by atoms with Gasteiger partial charge in [0.2, 0.25) is 0 Å². The Hall–Kier alpha value is -0.970. The van der Waals surface area contributed by atoms with E-state index >= 15 is 0 Å². The Morgan fingerprint density at radius 3 is 1.78 bits per heavy atom. The summed E-state index contributed by atoms with van der Waals surface area (Å²) < 4.78 is 0. The van der Waals surface area contributed by atoms with E-state index in [4.69, 9.17) is 9.90 Å². The van der Waals surface area contributed by atoms with Crippen LogP contribution in [-0.4, -0.2) is 11.1 Å². The highest BCUT2D eigenvalue weighted by molar-refractivity contribution is 5.85. The van der Waals surface area contributed by atoms with Crippen molar-refractivity contribution >= 4 is 5.97 Å². The Kier molecular flexibility index (Phi) is 12.3. The summed E-state index contributed by atoms with van der Waals surface area (Å²) in [5.41, 5.74) is 0. The van der Waals surface area contributed by atoms with Crippen LogP contribution in [0.3, 0.4) is 0 Å². The quantitative estimate of drug-likeness (QED) is 0.543. The topological polar surface area (TPSA) is 37.3 Å². The summed E-state index contributed by atoms with van der Waals surface area (Å²) in [6.07, 6.45) is 6.96. The molecule has 0 atom stereocenters. The molecule has 0 amide bonds. The van der Waals surface area contributed by atoms with Gasteiger partial charge in [0.25, 0.3) is 0 Å². The highest BCUT2D eigenvalue weighted by atomic mass is 16.4. The molecule has 2 nitrogen and oxygen atoms in total. The Bertz CT molecular complexity index is 98.0. The SMILES string of the molecule is C#CC(=O)O.CCCC. The second-order valence-electron chi connectivity index (χ2n) is 1.45. The third kappa shape index (κ3) is 43.2. The number of aliphatic carboxylic acids is 1. The Morgan fingerprint density at radius 1 is 1.56 bits per heavy atom. The van der Waals surface area contributed by atoms with E-state index in [0.29, 0.717) is 0 Å². The first-order valence-corrected chi connectivity index (χ1v) is 2.88. The number of carboxylic acid groups (broad SMARTS) is 1. The molecule has 0 rings (SSSR count). The summed E-state index contributed by atoms with van der Waals surface area (Å²) in [7, 11) is 0. The minimum atomic E-state index is -1.22. The zero-order chi connectivity index (χ0) is 7.70. The molecular formula is C7H12O2. The summed E-state index contributed by atoms with van der Waals surface area (Å²) >= 11 is 0. The lowest BCUT2D eigenvalue weighted by Crippen LogP contribution is -1.83. The molecule has 0 aromatic carbocycles. The number of carbonyl (C=O) groups is 1. The molecule has 9 heavy (non-hydrogen) atoms. The first kappa shape index (κ1) is 10.9. The predicted molar refractivity (Wildman–Crippen MR) is 37.1 cm³/mol. The van der Waals surface area contributed by atoms with Crippen LogP contribution < -0.4 is 0 Å². The molecule has 0 heterocycles. The van der Waals surface area contributed by atoms with Gasteiger partial charge in [-0.1, -0.05) is 26.7 Å². The summed E-state index contributed by atoms with van der Waals surface area (Å²) in [5, 5.41) is 7.49. The third-order valence-electron chi connectivity index (χ3n) is 0.623. The van der Waals surface area contributed by atoms with Gasteiger partial charge in [0, 0.05) is 5.92 Å². The summed E-state index contributed by atoms with van der Waals surface area (Å²) in [5.74, 6) is 0.227. The van der Waals surface area contributed by atoms with Crippen molar-refractivity contribution in [3.8, 4) is 12.3 Å². The number of rotatable bonds is 1. The lowest BCUT2D eigenvalue weighted by atomic mass is 10.4. The fourth-order valence-corrected chi connectivity index (χ4v) is 0. The Balaban J connectivity index is 0. The summed E-state index contributed by atoms with van der Waals surface area (Å²) in [4.78, 5) is 9.13. The van der Waals surface area contributed by atoms with Crippen molar-refractivity contribution in [3.05, 3.63) is 0 Å². The molecule has 0 aromatic rings. The minimum Gasteiger partial charge on any atom is -0.472 e. The number of hydrogen-bond donors (Lipinski definition) is 1. The lowest BCUT2D eigenvalue weighted by molar-refractivity contribution is -0.130. The van der Waals surface area contributed by atoms with E-state index in [2.05, 4.69) is 20.3 Å². The number of hydrogen-bond acceptors (Lipinski definition) is 1. The first-order chi connectivity index (χ1) is 4.18. The molecule has 0 aromatic heterocycles. The molecule has 0 unspecified atom stereocenters. The van der Waals surface area contributed by atoms with Crippen molar-refractivity contribution in [2.45, 2.75) is 26.7 Å². The van der Waals surface area contributed by atoms with Crippen LogP contribution in [0.2, 0.25) is 0 Å². The van der Waals surface area contributed by atoms with E-state index in [1.54, 1.807) is 0 Å². The molecule has 2 heteroatoms. The molecule has 0 saturated heterocycles. The molecule has 0 spiro atoms. The van der Waals surface area contributed by atoms with Crippen molar-refractivity contribution < 1.29 is 9.90 Å². The second kappa shape index (κ2) is 10.1. The van der Waals surface area contributed by atoms with Crippen molar-refractivity contribution in [1.29, 1.82) is 0 Å². The Labute approximate surface area is 55.9 Å². The fraction of sp³-hybridized carbons (Fsp3) is 0.571. The zero-order valence-corrected chi connectivity index (χ0v) is 5.85. The van der Waals surface area contributed by atoms with E-state index in [9.17, 15) is 0 Å². The van der Waals surface area contributed by atoms with E-state index in [1.807, 2.05) is 0 Å². The van der Waals surface area contributed by atoms with Crippen LogP contribution in [-0.2, 0) is 4.79 Å². The van der Waals surface area contributed by atoms with Gasteiger partial charge in [-0.25, -0.2) is 4.79 Å². The standard InChI is InChI=1S/C4H10.C3H2O2/c1-3-4-2;1-2-3(4)5/h3-4H2,1-2H3;1H,(H,4,5). The highest BCUT2D eigenvalue weighted by Crippen LogP contribution is 1.76. The number of unbranched alkanes of at least 4 members (excludes halogenated alkanes) is 1. The van der Waals surface area contributed by atoms with Gasteiger partial charge in [0.15, 0.2) is 0 Å². The normalized spacial score (nSPS) is 6.33. The lowest BCUT2D eigenvalue weighted by Gasteiger charge is -1.68. The third-order valence-corrected chi connectivity index (χ3v) is 0.623. The average Bonchev–Trinajstić information content (AvgIpc) is 1.89. The van der Waals surface area contributed by atoms with Crippen LogP contribution in [0.25, 0.3) is 0 Å². The number of carboxylic acids is 1. The maximum Gasteiger partial charge on any atom is 0.381 e. The van der Waals surface area contributed by atoms with Crippen LogP contribution in [0.1, 0.15) is 26.7 Å². The van der Waals surface area contributed by atoms with Gasteiger partial charge >= 0.3 is 5.97 Å². The number of terminal acetylenes is 1. The monoisotopic (exact) mass is 128 g/mol. The second-order valence-corrected chi connectivity index (χ2v) is 1.45. The van der Waals surface area contributed by atoms with Crippen molar-refractivity contribution in [2.24, 2.45) is 0 Å². The van der Waals surface area contributed by atoms with Crippen LogP contribution in [0.15, 0.2) is 0 Å². The smallest absolute Gasteiger partial charge is 0.381 e. The van der Waals surface area contributed by atoms with Gasteiger partial charge in [-0.05, 0) is 0 Å². The van der Waals surface area contributed by atoms with E-state index in [0.717, 1.165) is 0 Å². The molecular weight excluding hydrogens is 116 g/mol. The van der Waals surface area contributed by atoms with Gasteiger partial charge in [-0.3, -0.25) is 0 Å². The van der Waals surface area contributed by atoms with Gasteiger partial charge in [0.1, 0.15) is 0 Å². The largest absolute Gasteiger partial charge is 0.472 e. The minimum absolute atomic E-state index is 1.22. The van der Waals surface area contributed by atoms with Crippen LogP contribution in [0.4, 0.5) is 0 Å². The first-order valence-electron chi connectivity index (χ1n) is 2.88. The van der Waals surface area contributed by atoms with E-state index in [-0.39, 0.29) is 0 Å². The Morgan fingerprint density at radius 2 is 1.78 bits per heavy atom. The molecule has 0 fully saturated rings. The maximum absolute atomic E-state index is 9.13. The fourth-order valence-electron chi connectivity index (χ4n) is 0. The molecule has 0 bridgehead atoms. The maximum atomic E-state index is 9.13. The molecule has 0 aliphatic carbocycles. The van der Waals surface area contributed by atoms with Crippen molar-refractivity contribution in [1.82, 2.24) is 0 Å². The van der Waals surface area contributed by atoms with Gasteiger partial charge in [0.05, 0.1) is 0 Å². The van der Waals surface area contributed by atoms with E-state index < -0.39 is 5.97 Å². The molecule has 0 aliphatic rings. The molecule has 0 aliphatic heterocycles. The van der Waals surface area contributed by atoms with Crippen molar-refractivity contribution in [3.63, 3.8) is 0 Å². The molecule has 52 valence electrons. The van der Waals surface area contributed by atoms with E-state index in [1.165, 1.54) is 18.8 Å². The highest BCUT2D eigenvalue weighted by Gasteiger charge is 1.74. The van der Waals surface area contributed by atoms with Gasteiger partial charge in [-0.15, -0.1) is 6.42 Å². The summed E-state index contributed by atoms with van der Waals surface area (Å²) in [6.45, 7) is 4.36. The molecule has 0 saturated carbocycles. The predicted octanol–water partition coefficient (Wildman–Crippen LogP) is 1.51. The van der Waals surface area contributed by atoms with Crippen LogP contribution in [0, 0.1) is 12.3 Å².